The van der Waals surface area contributed by atoms with E-state index < -0.39 is 0 Å². The monoisotopic (exact) mass is 260 g/mol. The van der Waals surface area contributed by atoms with Gasteiger partial charge in [0.15, 0.2) is 0 Å². The third-order valence-corrected chi connectivity index (χ3v) is 4.31. The average Bonchev–Trinajstić information content (AvgIpc) is 2.43. The van der Waals surface area contributed by atoms with Gasteiger partial charge in [-0.3, -0.25) is 0 Å². The summed E-state index contributed by atoms with van der Waals surface area (Å²) in [5, 5.41) is 3.40. The van der Waals surface area contributed by atoms with Crippen molar-refractivity contribution in [3.8, 4) is 0 Å². The van der Waals surface area contributed by atoms with E-state index in [1.54, 1.807) is 0 Å². The van der Waals surface area contributed by atoms with Crippen LogP contribution in [0.15, 0.2) is 24.3 Å². The molecule has 0 fully saturated rings. The van der Waals surface area contributed by atoms with Crippen molar-refractivity contribution in [2.45, 2.75) is 45.6 Å². The normalized spacial score (nSPS) is 20.2. The predicted octanol–water partition coefficient (Wildman–Crippen LogP) is 3.46. The third-order valence-electron chi connectivity index (χ3n) is 4.31. The molecule has 1 aromatic rings. The number of hydrogen-bond acceptors (Lipinski definition) is 2. The molecule has 1 aliphatic heterocycles. The van der Waals surface area contributed by atoms with Gasteiger partial charge >= 0.3 is 0 Å². The van der Waals surface area contributed by atoms with Crippen LogP contribution in [0.5, 0.6) is 0 Å². The van der Waals surface area contributed by atoms with Gasteiger partial charge in [0.1, 0.15) is 0 Å². The number of benzene rings is 1. The van der Waals surface area contributed by atoms with Crippen LogP contribution in [0, 0.1) is 5.92 Å². The Morgan fingerprint density at radius 1 is 1.37 bits per heavy atom. The summed E-state index contributed by atoms with van der Waals surface area (Å²) in [6, 6.07) is 9.60. The molecule has 1 N–H and O–H groups in total. The fraction of sp³-hybridized carbons (Fsp3) is 0.647. The summed E-state index contributed by atoms with van der Waals surface area (Å²) in [4.78, 5) is 2.59. The fourth-order valence-electron chi connectivity index (χ4n) is 3.20. The highest BCUT2D eigenvalue weighted by Crippen LogP contribution is 2.29. The van der Waals surface area contributed by atoms with E-state index in [9.17, 15) is 0 Å². The molecule has 19 heavy (non-hydrogen) atoms. The number of para-hydroxylation sites is 1. The van der Waals surface area contributed by atoms with Gasteiger partial charge < -0.3 is 10.2 Å². The molecule has 2 rings (SSSR count). The second-order valence-electron chi connectivity index (χ2n) is 5.92. The van der Waals surface area contributed by atoms with Crippen LogP contribution in [0.3, 0.4) is 0 Å². The van der Waals surface area contributed by atoms with Crippen LogP contribution in [0.25, 0.3) is 0 Å². The molecule has 0 amide bonds. The van der Waals surface area contributed by atoms with Gasteiger partial charge in [-0.05, 0) is 50.3 Å². The molecule has 1 aromatic carbocycles. The van der Waals surface area contributed by atoms with Gasteiger partial charge in [-0.2, -0.15) is 0 Å². The van der Waals surface area contributed by atoms with E-state index in [1.165, 1.54) is 50.0 Å². The smallest absolute Gasteiger partial charge is 0.0398 e. The van der Waals surface area contributed by atoms with Gasteiger partial charge in [0.2, 0.25) is 0 Å². The Bertz CT molecular complexity index is 385. The summed E-state index contributed by atoms with van der Waals surface area (Å²) in [5.74, 6) is 0.779. The van der Waals surface area contributed by atoms with E-state index in [-0.39, 0.29) is 0 Å². The van der Waals surface area contributed by atoms with E-state index in [0.717, 1.165) is 5.92 Å². The number of anilines is 1. The van der Waals surface area contributed by atoms with E-state index in [0.29, 0.717) is 6.04 Å². The molecule has 106 valence electrons. The molecule has 0 aromatic heterocycles. The Morgan fingerprint density at radius 2 is 2.16 bits per heavy atom. The van der Waals surface area contributed by atoms with Gasteiger partial charge in [-0.1, -0.05) is 32.0 Å². The topological polar surface area (TPSA) is 15.3 Å². The highest BCUT2D eigenvalue weighted by Gasteiger charge is 2.20. The lowest BCUT2D eigenvalue weighted by molar-refractivity contribution is 0.473. The largest absolute Gasteiger partial charge is 0.371 e. The van der Waals surface area contributed by atoms with Crippen LogP contribution in [0.4, 0.5) is 5.69 Å². The van der Waals surface area contributed by atoms with Crippen molar-refractivity contribution in [1.29, 1.82) is 0 Å². The van der Waals surface area contributed by atoms with Crippen LogP contribution in [-0.4, -0.2) is 26.2 Å². The van der Waals surface area contributed by atoms with Gasteiger partial charge in [0.05, 0.1) is 0 Å². The number of nitrogens with one attached hydrogen (secondary N) is 1. The Balaban J connectivity index is 1.93. The van der Waals surface area contributed by atoms with Crippen molar-refractivity contribution in [3.05, 3.63) is 29.8 Å². The zero-order valence-corrected chi connectivity index (χ0v) is 12.7. The van der Waals surface area contributed by atoms with E-state index in [2.05, 4.69) is 55.4 Å². The van der Waals surface area contributed by atoms with Crippen molar-refractivity contribution in [1.82, 2.24) is 5.32 Å². The van der Waals surface area contributed by atoms with Crippen molar-refractivity contribution in [3.63, 3.8) is 0 Å². The fourth-order valence-corrected chi connectivity index (χ4v) is 3.20. The second kappa shape index (κ2) is 6.95. The molecule has 0 spiro atoms. The maximum absolute atomic E-state index is 3.40. The molecule has 1 heterocycles. The molecule has 2 nitrogen and oxygen atoms in total. The standard InChI is InChI=1S/C17H28N2/c1-4-16(18-3)9-7-11-19-13-14(2)12-15-8-5-6-10-17(15)19/h5-6,8,10,14,16,18H,4,7,9,11-13H2,1-3H3. The summed E-state index contributed by atoms with van der Waals surface area (Å²) in [6.45, 7) is 7.04. The second-order valence-corrected chi connectivity index (χ2v) is 5.92. The lowest BCUT2D eigenvalue weighted by atomic mass is 9.93. The van der Waals surface area contributed by atoms with E-state index >= 15 is 0 Å². The first-order chi connectivity index (χ1) is 9.24. The maximum Gasteiger partial charge on any atom is 0.0398 e. The van der Waals surface area contributed by atoms with Crippen LogP contribution in [-0.2, 0) is 6.42 Å². The summed E-state index contributed by atoms with van der Waals surface area (Å²) in [7, 11) is 2.08. The highest BCUT2D eigenvalue weighted by molar-refractivity contribution is 5.55. The molecule has 2 atom stereocenters. The molecule has 0 bridgehead atoms. The summed E-state index contributed by atoms with van der Waals surface area (Å²) >= 11 is 0. The van der Waals surface area contributed by atoms with Gasteiger partial charge in [0, 0.05) is 24.8 Å². The first-order valence-electron chi connectivity index (χ1n) is 7.74. The molecule has 1 aliphatic rings. The molecule has 2 heteroatoms. The molecule has 0 saturated carbocycles. The zero-order chi connectivity index (χ0) is 13.7. The molecular formula is C17H28N2. The predicted molar refractivity (Wildman–Crippen MR) is 83.9 cm³/mol. The van der Waals surface area contributed by atoms with Crippen LogP contribution >= 0.6 is 0 Å². The Hall–Kier alpha value is -1.02. The van der Waals surface area contributed by atoms with Gasteiger partial charge in [0.25, 0.3) is 0 Å². The summed E-state index contributed by atoms with van der Waals surface area (Å²) in [5.41, 5.74) is 3.00. The number of hydrogen-bond donors (Lipinski definition) is 1. The lowest BCUT2D eigenvalue weighted by Crippen LogP contribution is -2.35. The first-order valence-corrected chi connectivity index (χ1v) is 7.74. The van der Waals surface area contributed by atoms with Crippen LogP contribution in [0.1, 0.15) is 38.7 Å². The SMILES string of the molecule is CCC(CCCN1CC(C)Cc2ccccc21)NC. The molecular weight excluding hydrogens is 232 g/mol. The van der Waals surface area contributed by atoms with Gasteiger partial charge in [-0.15, -0.1) is 0 Å². The van der Waals surface area contributed by atoms with Crippen molar-refractivity contribution in [2.24, 2.45) is 5.92 Å². The highest BCUT2D eigenvalue weighted by atomic mass is 15.1. The average molecular weight is 260 g/mol. The number of fused-ring (bicyclic) bond motifs is 1. The molecule has 0 aliphatic carbocycles. The lowest BCUT2D eigenvalue weighted by Gasteiger charge is -2.35. The minimum atomic E-state index is 0.678. The van der Waals surface area contributed by atoms with Crippen molar-refractivity contribution >= 4 is 5.69 Å². The maximum atomic E-state index is 3.40. The summed E-state index contributed by atoms with van der Waals surface area (Å²) in [6.07, 6.45) is 5.02. The summed E-state index contributed by atoms with van der Waals surface area (Å²) < 4.78 is 0. The number of rotatable bonds is 6. The van der Waals surface area contributed by atoms with Crippen LogP contribution in [0.2, 0.25) is 0 Å². The first kappa shape index (κ1) is 14.4. The Labute approximate surface area is 118 Å². The molecule has 0 radical (unpaired) electrons. The molecule has 2 unspecified atom stereocenters. The minimum Gasteiger partial charge on any atom is -0.371 e. The minimum absolute atomic E-state index is 0.678. The zero-order valence-electron chi connectivity index (χ0n) is 12.7. The Morgan fingerprint density at radius 3 is 2.89 bits per heavy atom. The third kappa shape index (κ3) is 3.73. The Kier molecular flexibility index (Phi) is 5.26. The molecule has 0 saturated heterocycles. The quantitative estimate of drug-likeness (QED) is 0.842. The van der Waals surface area contributed by atoms with Crippen LogP contribution < -0.4 is 10.2 Å². The van der Waals surface area contributed by atoms with Gasteiger partial charge in [-0.25, -0.2) is 0 Å². The number of nitrogens with zero attached hydrogens (tertiary/aromatic N) is 1. The van der Waals surface area contributed by atoms with E-state index in [4.69, 9.17) is 0 Å². The van der Waals surface area contributed by atoms with E-state index in [1.807, 2.05) is 0 Å². The van der Waals surface area contributed by atoms with Crippen molar-refractivity contribution in [2.75, 3.05) is 25.0 Å². The van der Waals surface area contributed by atoms with Crippen molar-refractivity contribution < 1.29 is 0 Å².